The van der Waals surface area contributed by atoms with E-state index in [0.717, 1.165) is 24.0 Å². The molecule has 1 aliphatic rings. The lowest BCUT2D eigenvalue weighted by molar-refractivity contribution is -0.137. The number of methoxy groups -OCH3 is 1. The van der Waals surface area contributed by atoms with Crippen LogP contribution in [-0.2, 0) is 11.4 Å². The molecule has 1 atom stereocenters. The zero-order chi connectivity index (χ0) is 24.2. The molecule has 0 bridgehead atoms. The van der Waals surface area contributed by atoms with E-state index in [-0.39, 0.29) is 24.6 Å². The molecule has 0 radical (unpaired) electrons. The summed E-state index contributed by atoms with van der Waals surface area (Å²) in [5.41, 5.74) is 3.36. The van der Waals surface area contributed by atoms with Crippen molar-refractivity contribution >= 4 is 12.0 Å². The van der Waals surface area contributed by atoms with Gasteiger partial charge in [-0.05, 0) is 74.4 Å². The highest BCUT2D eigenvalue weighted by atomic mass is 19.1. The molecule has 1 saturated carbocycles. The second-order valence-corrected chi connectivity index (χ2v) is 8.78. The standard InChI is InChI=1S/C26H28FN3O4/c1-16(2)11-25-23(28-29-30(25)24-13-19(33-3)9-10-22(24)27)15-34-20-6-4-5-18(12-20)21(14-26(31)32)17-7-8-17/h4-6,9-13,17,21H,7-8,14-15H2,1-3H3,(H,31,32)/t21-/m0/s1. The number of rotatable bonds is 10. The maximum atomic E-state index is 14.6. The Morgan fingerprint density at radius 3 is 2.71 bits per heavy atom. The highest BCUT2D eigenvalue weighted by Crippen LogP contribution is 2.45. The maximum absolute atomic E-state index is 14.6. The molecule has 2 aromatic carbocycles. The van der Waals surface area contributed by atoms with Gasteiger partial charge in [-0.15, -0.1) is 5.10 Å². The Morgan fingerprint density at radius 2 is 2.03 bits per heavy atom. The molecule has 34 heavy (non-hydrogen) atoms. The fourth-order valence-electron chi connectivity index (χ4n) is 4.03. The summed E-state index contributed by atoms with van der Waals surface area (Å²) in [5.74, 6) is 0.289. The van der Waals surface area contributed by atoms with E-state index in [1.54, 1.807) is 12.1 Å². The Kier molecular flexibility index (Phi) is 6.95. The van der Waals surface area contributed by atoms with Gasteiger partial charge in [0.05, 0.1) is 19.2 Å². The van der Waals surface area contributed by atoms with Crippen LogP contribution in [0.3, 0.4) is 0 Å². The van der Waals surface area contributed by atoms with E-state index in [4.69, 9.17) is 9.47 Å². The van der Waals surface area contributed by atoms with Crippen molar-refractivity contribution in [3.05, 3.63) is 70.8 Å². The summed E-state index contributed by atoms with van der Waals surface area (Å²) in [6.07, 6.45) is 4.10. The molecule has 1 heterocycles. The van der Waals surface area contributed by atoms with E-state index in [0.29, 0.717) is 28.8 Å². The number of halogens is 1. The van der Waals surface area contributed by atoms with E-state index < -0.39 is 11.8 Å². The van der Waals surface area contributed by atoms with Crippen LogP contribution in [0.15, 0.2) is 48.0 Å². The number of carboxylic acid groups (broad SMARTS) is 1. The summed E-state index contributed by atoms with van der Waals surface area (Å²) in [7, 11) is 1.52. The van der Waals surface area contributed by atoms with Crippen molar-refractivity contribution in [1.82, 2.24) is 15.0 Å². The zero-order valence-electron chi connectivity index (χ0n) is 19.5. The normalized spacial score (nSPS) is 13.9. The lowest BCUT2D eigenvalue weighted by Gasteiger charge is -2.16. The molecule has 1 fully saturated rings. The summed E-state index contributed by atoms with van der Waals surface area (Å²) < 4.78 is 27.3. The third kappa shape index (κ3) is 5.44. The van der Waals surface area contributed by atoms with Gasteiger partial charge in [-0.1, -0.05) is 22.9 Å². The minimum Gasteiger partial charge on any atom is -0.497 e. The average Bonchev–Trinajstić information content (AvgIpc) is 3.58. The number of carboxylic acids is 1. The molecule has 0 unspecified atom stereocenters. The highest BCUT2D eigenvalue weighted by molar-refractivity contribution is 5.68. The fraction of sp³-hybridized carbons (Fsp3) is 0.346. The Bertz CT molecular complexity index is 1210. The van der Waals surface area contributed by atoms with Gasteiger partial charge in [-0.25, -0.2) is 9.07 Å². The van der Waals surface area contributed by atoms with Crippen LogP contribution in [0.1, 0.15) is 56.0 Å². The van der Waals surface area contributed by atoms with Crippen molar-refractivity contribution in [2.45, 2.75) is 45.6 Å². The number of allylic oxidation sites excluding steroid dienone is 1. The van der Waals surface area contributed by atoms with E-state index in [9.17, 15) is 14.3 Å². The van der Waals surface area contributed by atoms with Gasteiger partial charge in [0.1, 0.15) is 35.3 Å². The van der Waals surface area contributed by atoms with Crippen LogP contribution in [0.2, 0.25) is 0 Å². The molecule has 0 aliphatic heterocycles. The molecule has 1 N–H and O–H groups in total. The maximum Gasteiger partial charge on any atom is 0.303 e. The number of ether oxygens (including phenoxy) is 2. The molecule has 7 nitrogen and oxygen atoms in total. The Labute approximate surface area is 197 Å². The Balaban J connectivity index is 1.60. The summed E-state index contributed by atoms with van der Waals surface area (Å²) in [4.78, 5) is 11.3. The van der Waals surface area contributed by atoms with Gasteiger partial charge < -0.3 is 14.6 Å². The molecule has 0 spiro atoms. The molecule has 1 aromatic heterocycles. The van der Waals surface area contributed by atoms with Crippen molar-refractivity contribution in [1.29, 1.82) is 0 Å². The van der Waals surface area contributed by atoms with Gasteiger partial charge in [0, 0.05) is 6.07 Å². The molecule has 0 amide bonds. The largest absolute Gasteiger partial charge is 0.497 e. The Morgan fingerprint density at radius 1 is 1.24 bits per heavy atom. The summed E-state index contributed by atoms with van der Waals surface area (Å²) in [6.45, 7) is 4.00. The number of aliphatic carboxylic acids is 1. The second-order valence-electron chi connectivity index (χ2n) is 8.78. The SMILES string of the molecule is COc1ccc(F)c(-n2nnc(COc3cccc([C@@H](CC(=O)O)C4CC4)c3)c2C=C(C)C)c1. The van der Waals surface area contributed by atoms with Crippen molar-refractivity contribution in [2.75, 3.05) is 7.11 Å². The van der Waals surface area contributed by atoms with E-state index in [2.05, 4.69) is 10.3 Å². The van der Waals surface area contributed by atoms with Crippen molar-refractivity contribution in [2.24, 2.45) is 5.92 Å². The molecule has 4 rings (SSSR count). The monoisotopic (exact) mass is 465 g/mol. The van der Waals surface area contributed by atoms with Crippen LogP contribution in [0.4, 0.5) is 4.39 Å². The first-order chi connectivity index (χ1) is 16.4. The fourth-order valence-corrected chi connectivity index (χ4v) is 4.03. The van der Waals surface area contributed by atoms with Crippen LogP contribution in [0, 0.1) is 11.7 Å². The average molecular weight is 466 g/mol. The number of nitrogens with zero attached hydrogens (tertiary/aromatic N) is 3. The highest BCUT2D eigenvalue weighted by Gasteiger charge is 2.33. The van der Waals surface area contributed by atoms with Gasteiger partial charge in [0.2, 0.25) is 0 Å². The second kappa shape index (κ2) is 10.1. The lowest BCUT2D eigenvalue weighted by Crippen LogP contribution is -2.08. The predicted octanol–water partition coefficient (Wildman–Crippen LogP) is 5.39. The van der Waals surface area contributed by atoms with E-state index >= 15 is 0 Å². The van der Waals surface area contributed by atoms with Crippen molar-refractivity contribution < 1.29 is 23.8 Å². The molecular weight excluding hydrogens is 437 g/mol. The summed E-state index contributed by atoms with van der Waals surface area (Å²) in [6, 6.07) is 12.0. The number of carbonyl (C=O) groups is 1. The molecular formula is C26H28FN3O4. The van der Waals surface area contributed by atoms with Crippen molar-refractivity contribution in [3.8, 4) is 17.2 Å². The molecule has 8 heteroatoms. The Hall–Kier alpha value is -3.68. The first-order valence-corrected chi connectivity index (χ1v) is 11.2. The first kappa shape index (κ1) is 23.5. The summed E-state index contributed by atoms with van der Waals surface area (Å²) in [5, 5.41) is 17.7. The third-order valence-electron chi connectivity index (χ3n) is 5.83. The van der Waals surface area contributed by atoms with Gasteiger partial charge in [0.25, 0.3) is 0 Å². The van der Waals surface area contributed by atoms with E-state index in [1.807, 2.05) is 44.2 Å². The number of aromatic nitrogens is 3. The summed E-state index contributed by atoms with van der Waals surface area (Å²) >= 11 is 0. The lowest BCUT2D eigenvalue weighted by atomic mass is 9.91. The van der Waals surface area contributed by atoms with Crippen LogP contribution < -0.4 is 9.47 Å². The minimum atomic E-state index is -0.795. The number of hydrogen-bond acceptors (Lipinski definition) is 5. The third-order valence-corrected chi connectivity index (χ3v) is 5.83. The van der Waals surface area contributed by atoms with Crippen LogP contribution in [0.25, 0.3) is 11.8 Å². The molecule has 1 aliphatic carbocycles. The number of hydrogen-bond donors (Lipinski definition) is 1. The van der Waals surface area contributed by atoms with Gasteiger partial charge in [-0.2, -0.15) is 0 Å². The number of benzene rings is 2. The van der Waals surface area contributed by atoms with Gasteiger partial charge in [0.15, 0.2) is 0 Å². The van der Waals surface area contributed by atoms with E-state index in [1.165, 1.54) is 17.9 Å². The predicted molar refractivity (Wildman–Crippen MR) is 126 cm³/mol. The molecule has 3 aromatic rings. The van der Waals surface area contributed by atoms with Crippen molar-refractivity contribution in [3.63, 3.8) is 0 Å². The van der Waals surface area contributed by atoms with Crippen LogP contribution in [-0.4, -0.2) is 33.2 Å². The topological polar surface area (TPSA) is 86.5 Å². The van der Waals surface area contributed by atoms with Crippen LogP contribution >= 0.6 is 0 Å². The molecule has 178 valence electrons. The molecule has 0 saturated heterocycles. The van der Waals surface area contributed by atoms with Crippen LogP contribution in [0.5, 0.6) is 11.5 Å². The minimum absolute atomic E-state index is 0.0146. The smallest absolute Gasteiger partial charge is 0.303 e. The first-order valence-electron chi connectivity index (χ1n) is 11.2. The quantitative estimate of drug-likeness (QED) is 0.432. The zero-order valence-corrected chi connectivity index (χ0v) is 19.5. The van der Waals surface area contributed by atoms with Gasteiger partial charge in [-0.3, -0.25) is 4.79 Å². The van der Waals surface area contributed by atoms with Gasteiger partial charge >= 0.3 is 5.97 Å².